The van der Waals surface area contributed by atoms with Crippen molar-refractivity contribution in [3.63, 3.8) is 0 Å². The molecule has 1 aromatic rings. The Bertz CT molecular complexity index is 333. The number of thioether (sulfide) groups is 1. The molecule has 3 N–H and O–H groups in total. The van der Waals surface area contributed by atoms with Crippen LogP contribution >= 0.6 is 23.4 Å². The van der Waals surface area contributed by atoms with Gasteiger partial charge in [-0.15, -0.1) is 0 Å². The summed E-state index contributed by atoms with van der Waals surface area (Å²) in [4.78, 5) is 0. The van der Waals surface area contributed by atoms with Crippen molar-refractivity contribution in [3.05, 3.63) is 16.4 Å². The molecule has 0 aliphatic rings. The summed E-state index contributed by atoms with van der Waals surface area (Å²) in [5.74, 6) is 0.605. The minimum Gasteiger partial charge on any atom is -0.379 e. The van der Waals surface area contributed by atoms with Gasteiger partial charge in [0, 0.05) is 18.4 Å². The number of nitrogens with one attached hydrogen (secondary N) is 1. The minimum atomic E-state index is 0.0966. The van der Waals surface area contributed by atoms with E-state index in [4.69, 9.17) is 22.7 Å². The minimum absolute atomic E-state index is 0.0966. The number of aryl methyl sites for hydroxylation is 2. The SMILES string of the molecule is Cc1nn(C)c(Cl)c1CSC(=N)N. The molecule has 1 aromatic heterocycles. The summed E-state index contributed by atoms with van der Waals surface area (Å²) in [6, 6.07) is 0. The second kappa shape index (κ2) is 4.02. The zero-order valence-electron chi connectivity index (χ0n) is 7.47. The van der Waals surface area contributed by atoms with Crippen LogP contribution in [0.3, 0.4) is 0 Å². The number of halogens is 1. The normalized spacial score (nSPS) is 10.4. The largest absolute Gasteiger partial charge is 0.379 e. The summed E-state index contributed by atoms with van der Waals surface area (Å²) in [5, 5.41) is 11.9. The van der Waals surface area contributed by atoms with E-state index in [0.29, 0.717) is 10.9 Å². The van der Waals surface area contributed by atoms with Crippen molar-refractivity contribution < 1.29 is 0 Å². The molecule has 0 aliphatic heterocycles. The molecule has 0 amide bonds. The maximum absolute atomic E-state index is 7.06. The molecule has 72 valence electrons. The van der Waals surface area contributed by atoms with Crippen molar-refractivity contribution in [1.82, 2.24) is 9.78 Å². The van der Waals surface area contributed by atoms with Gasteiger partial charge in [0.25, 0.3) is 0 Å². The second-order valence-corrected chi connectivity index (χ2v) is 4.01. The van der Waals surface area contributed by atoms with E-state index in [1.54, 1.807) is 11.7 Å². The number of nitrogens with two attached hydrogens (primary N) is 1. The molecule has 4 nitrogen and oxygen atoms in total. The van der Waals surface area contributed by atoms with Crippen LogP contribution in [-0.2, 0) is 12.8 Å². The Morgan fingerprint density at radius 1 is 1.77 bits per heavy atom. The van der Waals surface area contributed by atoms with E-state index < -0.39 is 0 Å². The first-order chi connectivity index (χ1) is 6.02. The van der Waals surface area contributed by atoms with Crippen LogP contribution in [0, 0.1) is 12.3 Å². The Labute approximate surface area is 86.0 Å². The van der Waals surface area contributed by atoms with Crippen LogP contribution in [0.5, 0.6) is 0 Å². The Kier molecular flexibility index (Phi) is 3.22. The molecule has 1 heterocycles. The fourth-order valence-electron chi connectivity index (χ4n) is 0.988. The van der Waals surface area contributed by atoms with Crippen LogP contribution in [0.2, 0.25) is 5.15 Å². The van der Waals surface area contributed by atoms with E-state index in [-0.39, 0.29) is 5.17 Å². The Morgan fingerprint density at radius 2 is 2.38 bits per heavy atom. The van der Waals surface area contributed by atoms with E-state index in [0.717, 1.165) is 11.3 Å². The fourth-order valence-corrected chi connectivity index (χ4v) is 1.95. The fraction of sp³-hybridized carbons (Fsp3) is 0.429. The van der Waals surface area contributed by atoms with Crippen LogP contribution in [0.15, 0.2) is 0 Å². The smallest absolute Gasteiger partial charge is 0.151 e. The average Bonchev–Trinajstić information content (AvgIpc) is 2.24. The first-order valence-electron chi connectivity index (χ1n) is 3.67. The van der Waals surface area contributed by atoms with Gasteiger partial charge in [0.05, 0.1) is 5.69 Å². The van der Waals surface area contributed by atoms with Crippen molar-refractivity contribution in [3.8, 4) is 0 Å². The van der Waals surface area contributed by atoms with Gasteiger partial charge in [-0.2, -0.15) is 5.10 Å². The predicted octanol–water partition coefficient (Wildman–Crippen LogP) is 1.51. The summed E-state index contributed by atoms with van der Waals surface area (Å²) < 4.78 is 1.62. The zero-order valence-corrected chi connectivity index (χ0v) is 9.04. The monoisotopic (exact) mass is 218 g/mol. The lowest BCUT2D eigenvalue weighted by Gasteiger charge is -1.98. The van der Waals surface area contributed by atoms with Gasteiger partial charge in [-0.05, 0) is 6.92 Å². The number of hydrogen-bond acceptors (Lipinski definition) is 3. The van der Waals surface area contributed by atoms with E-state index in [1.165, 1.54) is 11.8 Å². The van der Waals surface area contributed by atoms with Gasteiger partial charge < -0.3 is 5.73 Å². The lowest BCUT2D eigenvalue weighted by atomic mass is 10.3. The van der Waals surface area contributed by atoms with Crippen molar-refractivity contribution >= 4 is 28.5 Å². The van der Waals surface area contributed by atoms with Crippen molar-refractivity contribution in [2.45, 2.75) is 12.7 Å². The second-order valence-electron chi connectivity index (χ2n) is 2.63. The highest BCUT2D eigenvalue weighted by Gasteiger charge is 2.10. The van der Waals surface area contributed by atoms with Gasteiger partial charge in [0.2, 0.25) is 0 Å². The average molecular weight is 219 g/mol. The Hall–Kier alpha value is -0.680. The number of hydrogen-bond donors (Lipinski definition) is 2. The lowest BCUT2D eigenvalue weighted by molar-refractivity contribution is 0.757. The van der Waals surface area contributed by atoms with Gasteiger partial charge >= 0.3 is 0 Å². The summed E-state index contributed by atoms with van der Waals surface area (Å²) in [7, 11) is 1.79. The van der Waals surface area contributed by atoms with E-state index in [2.05, 4.69) is 5.10 Å². The molecular formula is C7H11ClN4S. The van der Waals surface area contributed by atoms with E-state index in [9.17, 15) is 0 Å². The third-order valence-electron chi connectivity index (χ3n) is 1.64. The number of aromatic nitrogens is 2. The van der Waals surface area contributed by atoms with Crippen LogP contribution in [0.4, 0.5) is 0 Å². The molecule has 0 bridgehead atoms. The topological polar surface area (TPSA) is 67.7 Å². The van der Waals surface area contributed by atoms with E-state index >= 15 is 0 Å². The maximum atomic E-state index is 7.06. The third kappa shape index (κ3) is 2.38. The van der Waals surface area contributed by atoms with Gasteiger partial charge in [-0.25, -0.2) is 0 Å². The van der Waals surface area contributed by atoms with Crippen molar-refractivity contribution in [1.29, 1.82) is 5.41 Å². The maximum Gasteiger partial charge on any atom is 0.151 e. The molecule has 0 aliphatic carbocycles. The van der Waals surface area contributed by atoms with Gasteiger partial charge in [0.1, 0.15) is 5.15 Å². The summed E-state index contributed by atoms with van der Waals surface area (Å²) in [6.07, 6.45) is 0. The Balaban J connectivity index is 2.81. The first-order valence-corrected chi connectivity index (χ1v) is 5.03. The molecule has 0 fully saturated rings. The lowest BCUT2D eigenvalue weighted by Crippen LogP contribution is -2.04. The van der Waals surface area contributed by atoms with Crippen LogP contribution in [0.25, 0.3) is 0 Å². The molecule has 0 radical (unpaired) electrons. The molecular weight excluding hydrogens is 208 g/mol. The first kappa shape index (κ1) is 10.4. The summed E-state index contributed by atoms with van der Waals surface area (Å²) in [6.45, 7) is 1.89. The molecule has 6 heteroatoms. The number of amidine groups is 1. The predicted molar refractivity (Wildman–Crippen MR) is 56.2 cm³/mol. The van der Waals surface area contributed by atoms with Gasteiger partial charge in [0.15, 0.2) is 5.17 Å². The third-order valence-corrected chi connectivity index (χ3v) is 2.86. The van der Waals surface area contributed by atoms with Crippen LogP contribution < -0.4 is 5.73 Å². The summed E-state index contributed by atoms with van der Waals surface area (Å²) >= 11 is 7.22. The number of nitrogens with zero attached hydrogens (tertiary/aromatic N) is 2. The quantitative estimate of drug-likeness (QED) is 0.584. The van der Waals surface area contributed by atoms with Gasteiger partial charge in [-0.1, -0.05) is 23.4 Å². The van der Waals surface area contributed by atoms with Gasteiger partial charge in [-0.3, -0.25) is 10.1 Å². The summed E-state index contributed by atoms with van der Waals surface area (Å²) in [5.41, 5.74) is 7.06. The van der Waals surface area contributed by atoms with Crippen LogP contribution in [-0.4, -0.2) is 14.9 Å². The molecule has 0 aromatic carbocycles. The molecule has 0 saturated carbocycles. The highest BCUT2D eigenvalue weighted by Crippen LogP contribution is 2.23. The molecule has 0 saturated heterocycles. The standard InChI is InChI=1S/C7H11ClN4S/c1-4-5(3-13-7(9)10)6(8)12(2)11-4/h3H2,1-2H3,(H3,9,10). The highest BCUT2D eigenvalue weighted by atomic mass is 35.5. The molecule has 13 heavy (non-hydrogen) atoms. The molecule has 0 spiro atoms. The molecule has 1 rings (SSSR count). The van der Waals surface area contributed by atoms with Crippen molar-refractivity contribution in [2.24, 2.45) is 12.8 Å². The zero-order chi connectivity index (χ0) is 10.0. The number of rotatable bonds is 2. The highest BCUT2D eigenvalue weighted by molar-refractivity contribution is 8.13. The molecule has 0 unspecified atom stereocenters. The van der Waals surface area contributed by atoms with Crippen molar-refractivity contribution in [2.75, 3.05) is 0 Å². The van der Waals surface area contributed by atoms with E-state index in [1.807, 2.05) is 6.92 Å². The Morgan fingerprint density at radius 3 is 2.77 bits per heavy atom. The molecule has 0 atom stereocenters. The van der Waals surface area contributed by atoms with Crippen LogP contribution in [0.1, 0.15) is 11.3 Å².